The van der Waals surface area contributed by atoms with Crippen LogP contribution in [0, 0.1) is 5.92 Å². The highest BCUT2D eigenvalue weighted by Crippen LogP contribution is 2.42. The maximum atomic E-state index is 12.8. The van der Waals surface area contributed by atoms with Crippen molar-refractivity contribution >= 4 is 28.8 Å². The van der Waals surface area contributed by atoms with E-state index < -0.39 is 12.0 Å². The van der Waals surface area contributed by atoms with Crippen molar-refractivity contribution in [2.45, 2.75) is 39.7 Å². The van der Waals surface area contributed by atoms with Gasteiger partial charge in [-0.15, -0.1) is 0 Å². The number of rotatable bonds is 7. The number of aliphatic imine (C=N–C) groups is 1. The van der Waals surface area contributed by atoms with Crippen molar-refractivity contribution in [3.05, 3.63) is 35.0 Å². The second-order valence-corrected chi connectivity index (χ2v) is 8.65. The molecule has 2 aliphatic heterocycles. The fourth-order valence-corrected chi connectivity index (χ4v) is 4.47. The van der Waals surface area contributed by atoms with E-state index in [0.717, 1.165) is 12.0 Å². The monoisotopic (exact) mass is 432 g/mol. The number of amides is 1. The molecule has 0 spiro atoms. The highest BCUT2D eigenvalue weighted by atomic mass is 32.2. The van der Waals surface area contributed by atoms with Gasteiger partial charge in [-0.05, 0) is 37.0 Å². The summed E-state index contributed by atoms with van der Waals surface area (Å²) >= 11 is 1.51. The van der Waals surface area contributed by atoms with Gasteiger partial charge in [0, 0.05) is 12.2 Å². The Morgan fingerprint density at radius 2 is 2.07 bits per heavy atom. The molecular weight excluding hydrogens is 404 g/mol. The van der Waals surface area contributed by atoms with Crippen molar-refractivity contribution in [2.24, 2.45) is 10.9 Å². The average Bonchev–Trinajstić information content (AvgIpc) is 2.72. The molecule has 0 saturated carbocycles. The van der Waals surface area contributed by atoms with Gasteiger partial charge in [-0.1, -0.05) is 31.7 Å². The predicted molar refractivity (Wildman–Crippen MR) is 117 cm³/mol. The quantitative estimate of drug-likeness (QED) is 0.608. The maximum absolute atomic E-state index is 12.8. The number of esters is 1. The molecule has 1 aromatic rings. The fraction of sp³-hybridized carbons (Fsp3) is 0.500. The smallest absolute Gasteiger partial charge is 0.338 e. The van der Waals surface area contributed by atoms with E-state index in [-0.39, 0.29) is 5.91 Å². The van der Waals surface area contributed by atoms with Crippen molar-refractivity contribution in [2.75, 3.05) is 26.6 Å². The number of hydrogen-bond donors (Lipinski definition) is 0. The Morgan fingerprint density at radius 3 is 2.73 bits per heavy atom. The first kappa shape index (κ1) is 22.2. The molecule has 1 aromatic carbocycles. The summed E-state index contributed by atoms with van der Waals surface area (Å²) in [6, 6.07) is 4.89. The number of hydrogen-bond acceptors (Lipinski definition) is 7. The van der Waals surface area contributed by atoms with Crippen molar-refractivity contribution in [1.29, 1.82) is 0 Å². The molecule has 162 valence electrons. The number of methoxy groups -OCH3 is 2. The standard InChI is InChI=1S/C22H28N2O5S/c1-13(2)8-10-29-16-7-6-15(12-17(16)27-4)20-19(21(26)28-5)14(3)23-22-24(20)18(25)9-11-30-22/h6-7,12-13,20H,8-11H2,1-5H3/t20-/m1/s1. The molecule has 1 atom stereocenters. The third-order valence-electron chi connectivity index (χ3n) is 5.07. The maximum Gasteiger partial charge on any atom is 0.338 e. The molecule has 0 unspecified atom stereocenters. The number of allylic oxidation sites excluding steroid dienone is 1. The summed E-state index contributed by atoms with van der Waals surface area (Å²) in [6.07, 6.45) is 1.32. The molecule has 2 heterocycles. The van der Waals surface area contributed by atoms with Gasteiger partial charge in [0.2, 0.25) is 5.91 Å². The van der Waals surface area contributed by atoms with Gasteiger partial charge in [-0.3, -0.25) is 9.69 Å². The van der Waals surface area contributed by atoms with E-state index in [1.165, 1.54) is 18.9 Å². The second-order valence-electron chi connectivity index (χ2n) is 7.59. The van der Waals surface area contributed by atoms with Crippen LogP contribution in [0.5, 0.6) is 11.5 Å². The number of thioether (sulfide) groups is 1. The van der Waals surface area contributed by atoms with Crippen LogP contribution in [0.3, 0.4) is 0 Å². The van der Waals surface area contributed by atoms with Crippen LogP contribution >= 0.6 is 11.8 Å². The van der Waals surface area contributed by atoms with E-state index >= 15 is 0 Å². The van der Waals surface area contributed by atoms with Gasteiger partial charge in [0.15, 0.2) is 16.7 Å². The number of ether oxygens (including phenoxy) is 3. The Morgan fingerprint density at radius 1 is 1.30 bits per heavy atom. The van der Waals surface area contributed by atoms with Crippen molar-refractivity contribution in [3.63, 3.8) is 0 Å². The molecule has 0 N–H and O–H groups in total. The van der Waals surface area contributed by atoms with Gasteiger partial charge in [0.05, 0.1) is 38.1 Å². The lowest BCUT2D eigenvalue weighted by molar-refractivity contribution is -0.137. The molecule has 0 aromatic heterocycles. The van der Waals surface area contributed by atoms with Gasteiger partial charge in [0.25, 0.3) is 0 Å². The summed E-state index contributed by atoms with van der Waals surface area (Å²) in [4.78, 5) is 31.5. The van der Waals surface area contributed by atoms with Gasteiger partial charge in [0.1, 0.15) is 0 Å². The molecule has 30 heavy (non-hydrogen) atoms. The van der Waals surface area contributed by atoms with E-state index in [1.54, 1.807) is 18.9 Å². The first-order chi connectivity index (χ1) is 14.4. The molecule has 1 saturated heterocycles. The molecule has 2 aliphatic rings. The molecular formula is C22H28N2O5S. The fourth-order valence-electron chi connectivity index (χ4n) is 3.46. The van der Waals surface area contributed by atoms with E-state index in [0.29, 0.717) is 52.6 Å². The van der Waals surface area contributed by atoms with Crippen LogP contribution in [0.4, 0.5) is 0 Å². The summed E-state index contributed by atoms with van der Waals surface area (Å²) in [5.74, 6) is 1.83. The molecule has 0 bridgehead atoms. The average molecular weight is 433 g/mol. The van der Waals surface area contributed by atoms with Gasteiger partial charge in [-0.2, -0.15) is 0 Å². The van der Waals surface area contributed by atoms with Crippen LogP contribution in [0.1, 0.15) is 45.2 Å². The minimum Gasteiger partial charge on any atom is -0.493 e. The summed E-state index contributed by atoms with van der Waals surface area (Å²) in [7, 11) is 2.91. The third kappa shape index (κ3) is 4.48. The molecule has 8 heteroatoms. The number of carbonyl (C=O) groups is 2. The Balaban J connectivity index is 2.02. The Labute approximate surface area is 181 Å². The summed E-state index contributed by atoms with van der Waals surface area (Å²) in [5.41, 5.74) is 1.65. The van der Waals surface area contributed by atoms with Crippen LogP contribution < -0.4 is 9.47 Å². The van der Waals surface area contributed by atoms with Gasteiger partial charge in [-0.25, -0.2) is 9.79 Å². The zero-order valence-corrected chi connectivity index (χ0v) is 18.9. The minimum atomic E-state index is -0.621. The number of amidine groups is 1. The van der Waals surface area contributed by atoms with E-state index in [1.807, 2.05) is 18.2 Å². The number of fused-ring (bicyclic) bond motifs is 1. The Kier molecular flexibility index (Phi) is 7.07. The predicted octanol–water partition coefficient (Wildman–Crippen LogP) is 3.94. The molecule has 0 radical (unpaired) electrons. The SMILES string of the molecule is COC(=O)C1=C(C)N=C2SCCC(=O)N2[C@@H]1c1ccc(OCCC(C)C)c(OC)c1. The summed E-state index contributed by atoms with van der Waals surface area (Å²) in [6.45, 7) is 6.64. The zero-order chi connectivity index (χ0) is 21.8. The molecule has 0 aliphatic carbocycles. The van der Waals surface area contributed by atoms with E-state index in [9.17, 15) is 9.59 Å². The third-order valence-corrected chi connectivity index (χ3v) is 6.02. The largest absolute Gasteiger partial charge is 0.493 e. The van der Waals surface area contributed by atoms with Crippen molar-refractivity contribution in [3.8, 4) is 11.5 Å². The van der Waals surface area contributed by atoms with Crippen molar-refractivity contribution in [1.82, 2.24) is 4.90 Å². The van der Waals surface area contributed by atoms with E-state index in [2.05, 4.69) is 18.8 Å². The highest BCUT2D eigenvalue weighted by molar-refractivity contribution is 8.14. The molecule has 7 nitrogen and oxygen atoms in total. The molecule has 3 rings (SSSR count). The van der Waals surface area contributed by atoms with Crippen LogP contribution in [-0.4, -0.2) is 48.5 Å². The first-order valence-electron chi connectivity index (χ1n) is 10.0. The van der Waals surface area contributed by atoms with Crippen LogP contribution in [0.25, 0.3) is 0 Å². The van der Waals surface area contributed by atoms with Gasteiger partial charge < -0.3 is 14.2 Å². The van der Waals surface area contributed by atoms with Crippen LogP contribution in [0.2, 0.25) is 0 Å². The Hall–Kier alpha value is -2.48. The Bertz CT molecular complexity index is 894. The lowest BCUT2D eigenvalue weighted by Gasteiger charge is -2.38. The lowest BCUT2D eigenvalue weighted by Crippen LogP contribution is -2.45. The summed E-state index contributed by atoms with van der Waals surface area (Å²) in [5, 5.41) is 0.609. The number of nitrogens with zero attached hydrogens (tertiary/aromatic N) is 2. The molecule has 1 fully saturated rings. The second kappa shape index (κ2) is 9.55. The van der Waals surface area contributed by atoms with Crippen LogP contribution in [0.15, 0.2) is 34.5 Å². The zero-order valence-electron chi connectivity index (χ0n) is 18.1. The minimum absolute atomic E-state index is 0.0670. The highest BCUT2D eigenvalue weighted by Gasteiger charge is 2.41. The van der Waals surface area contributed by atoms with Crippen molar-refractivity contribution < 1.29 is 23.8 Å². The van der Waals surface area contributed by atoms with Crippen LogP contribution in [-0.2, 0) is 14.3 Å². The number of carbonyl (C=O) groups excluding carboxylic acids is 2. The lowest BCUT2D eigenvalue weighted by atomic mass is 9.94. The first-order valence-corrected chi connectivity index (χ1v) is 11.0. The van der Waals surface area contributed by atoms with Gasteiger partial charge >= 0.3 is 5.97 Å². The molecule has 1 amide bonds. The normalized spacial score (nSPS) is 18.9. The number of benzene rings is 1. The summed E-state index contributed by atoms with van der Waals surface area (Å²) < 4.78 is 16.5. The topological polar surface area (TPSA) is 77.4 Å². The van der Waals surface area contributed by atoms with E-state index in [4.69, 9.17) is 14.2 Å².